The molecule has 5 nitrogen and oxygen atoms in total. The third kappa shape index (κ3) is 4.29. The predicted molar refractivity (Wildman–Crippen MR) is 119 cm³/mol. The zero-order chi connectivity index (χ0) is 21.2. The Balaban J connectivity index is 1.82. The number of hydrogen-bond acceptors (Lipinski definition) is 4. The van der Waals surface area contributed by atoms with E-state index in [1.165, 1.54) is 11.3 Å². The highest BCUT2D eigenvalue weighted by atomic mass is 16.5. The minimum Gasteiger partial charge on any atom is -0.497 e. The lowest BCUT2D eigenvalue weighted by Gasteiger charge is -2.47. The van der Waals surface area contributed by atoms with Gasteiger partial charge in [0.25, 0.3) is 5.91 Å². The van der Waals surface area contributed by atoms with Gasteiger partial charge in [-0.15, -0.1) is 0 Å². The number of methoxy groups -OCH3 is 1. The van der Waals surface area contributed by atoms with Gasteiger partial charge in [0.05, 0.1) is 13.3 Å². The second-order valence-electron chi connectivity index (χ2n) is 8.36. The SMILES string of the molecule is CCN1c2cc(C)c(/C=N\NC(=O)c3cccc(OC)c3)cc2[C@H](C)CC1(C)C. The van der Waals surface area contributed by atoms with Gasteiger partial charge in [0.2, 0.25) is 0 Å². The van der Waals surface area contributed by atoms with Crippen LogP contribution in [-0.2, 0) is 0 Å². The molecule has 3 rings (SSSR count). The van der Waals surface area contributed by atoms with E-state index >= 15 is 0 Å². The molecule has 1 aliphatic rings. The molecule has 0 bridgehead atoms. The minimum absolute atomic E-state index is 0.147. The van der Waals surface area contributed by atoms with Crippen molar-refractivity contribution in [2.24, 2.45) is 5.10 Å². The summed E-state index contributed by atoms with van der Waals surface area (Å²) in [5.74, 6) is 0.856. The summed E-state index contributed by atoms with van der Waals surface area (Å²) in [7, 11) is 1.58. The topological polar surface area (TPSA) is 53.9 Å². The molecule has 0 radical (unpaired) electrons. The summed E-state index contributed by atoms with van der Waals surface area (Å²) in [6.07, 6.45) is 2.84. The Kier molecular flexibility index (Phi) is 5.96. The first kappa shape index (κ1) is 20.9. The Morgan fingerprint density at radius 2 is 2.10 bits per heavy atom. The van der Waals surface area contributed by atoms with Crippen molar-refractivity contribution in [1.29, 1.82) is 0 Å². The molecule has 0 saturated carbocycles. The van der Waals surface area contributed by atoms with Crippen LogP contribution in [0.25, 0.3) is 0 Å². The fourth-order valence-electron chi connectivity index (χ4n) is 4.38. The smallest absolute Gasteiger partial charge is 0.271 e. The van der Waals surface area contributed by atoms with Crippen LogP contribution in [0.4, 0.5) is 5.69 Å². The van der Waals surface area contributed by atoms with E-state index in [4.69, 9.17) is 4.74 Å². The highest BCUT2D eigenvalue weighted by molar-refractivity contribution is 5.95. The van der Waals surface area contributed by atoms with Crippen LogP contribution in [-0.4, -0.2) is 31.3 Å². The summed E-state index contributed by atoms with van der Waals surface area (Å²) in [6.45, 7) is 12.2. The van der Waals surface area contributed by atoms with Crippen LogP contribution in [0.3, 0.4) is 0 Å². The lowest BCUT2D eigenvalue weighted by molar-refractivity contribution is 0.0955. The molecule has 0 saturated heterocycles. The number of benzene rings is 2. The van der Waals surface area contributed by atoms with Gasteiger partial charge >= 0.3 is 0 Å². The van der Waals surface area contributed by atoms with E-state index in [9.17, 15) is 4.79 Å². The number of ether oxygens (including phenoxy) is 1. The molecule has 1 atom stereocenters. The largest absolute Gasteiger partial charge is 0.497 e. The van der Waals surface area contributed by atoms with E-state index < -0.39 is 0 Å². The Hall–Kier alpha value is -2.82. The van der Waals surface area contributed by atoms with Gasteiger partial charge in [0, 0.05) is 23.3 Å². The molecule has 2 aromatic carbocycles. The van der Waals surface area contributed by atoms with E-state index in [1.807, 2.05) is 0 Å². The average Bonchev–Trinajstić information content (AvgIpc) is 2.68. The predicted octanol–water partition coefficient (Wildman–Crippen LogP) is 4.88. The maximum Gasteiger partial charge on any atom is 0.271 e. The molecule has 5 heteroatoms. The fraction of sp³-hybridized carbons (Fsp3) is 0.417. The van der Waals surface area contributed by atoms with Gasteiger partial charge in [-0.25, -0.2) is 5.43 Å². The van der Waals surface area contributed by atoms with Gasteiger partial charge < -0.3 is 9.64 Å². The normalized spacial score (nSPS) is 17.9. The standard InChI is InChI=1S/C24H31N3O2/c1-7-27-22-11-16(2)19(13-21(22)17(3)14-24(27,4)5)15-25-26-23(28)18-9-8-10-20(12-18)29-6/h8-13,15,17H,7,14H2,1-6H3,(H,26,28)/b25-15-/t17-/m1/s1. The van der Waals surface area contributed by atoms with Gasteiger partial charge in [-0.1, -0.05) is 13.0 Å². The highest BCUT2D eigenvalue weighted by Crippen LogP contribution is 2.43. The van der Waals surface area contributed by atoms with Crippen LogP contribution < -0.4 is 15.1 Å². The van der Waals surface area contributed by atoms with Crippen molar-refractivity contribution >= 4 is 17.8 Å². The van der Waals surface area contributed by atoms with Gasteiger partial charge in [0.15, 0.2) is 0 Å². The van der Waals surface area contributed by atoms with Crippen LogP contribution >= 0.6 is 0 Å². The lowest BCUT2D eigenvalue weighted by Crippen LogP contribution is -2.48. The molecule has 1 N–H and O–H groups in total. The van der Waals surface area contributed by atoms with Crippen LogP contribution in [0.2, 0.25) is 0 Å². The number of anilines is 1. The van der Waals surface area contributed by atoms with E-state index in [1.54, 1.807) is 37.6 Å². The minimum atomic E-state index is -0.261. The molecule has 0 aliphatic carbocycles. The zero-order valence-corrected chi connectivity index (χ0v) is 18.2. The summed E-state index contributed by atoms with van der Waals surface area (Å²) in [4.78, 5) is 14.8. The first-order chi connectivity index (χ1) is 13.8. The number of carbonyl (C=O) groups excluding carboxylic acids is 1. The summed E-state index contributed by atoms with van der Waals surface area (Å²) in [5.41, 5.74) is 8.10. The van der Waals surface area contributed by atoms with Crippen LogP contribution in [0.5, 0.6) is 5.75 Å². The summed E-state index contributed by atoms with van der Waals surface area (Å²) in [6, 6.07) is 11.5. The average molecular weight is 394 g/mol. The van der Waals surface area contributed by atoms with Crippen molar-refractivity contribution in [3.8, 4) is 5.75 Å². The van der Waals surface area contributed by atoms with Crippen molar-refractivity contribution in [3.05, 3.63) is 58.7 Å². The molecule has 1 aliphatic heterocycles. The third-order valence-electron chi connectivity index (χ3n) is 5.79. The van der Waals surface area contributed by atoms with Crippen LogP contribution in [0.15, 0.2) is 41.5 Å². The van der Waals surface area contributed by atoms with Gasteiger partial charge in [-0.2, -0.15) is 5.10 Å². The van der Waals surface area contributed by atoms with Crippen LogP contribution in [0.1, 0.15) is 67.1 Å². The van der Waals surface area contributed by atoms with E-state index in [2.05, 4.69) is 62.2 Å². The number of nitrogens with zero attached hydrogens (tertiary/aromatic N) is 2. The maximum absolute atomic E-state index is 12.3. The number of rotatable bonds is 5. The third-order valence-corrected chi connectivity index (χ3v) is 5.79. The van der Waals surface area contributed by atoms with Gasteiger partial charge in [-0.3, -0.25) is 4.79 Å². The molecular formula is C24H31N3O2. The number of hydrazone groups is 1. The summed E-state index contributed by atoms with van der Waals surface area (Å²) in [5, 5.41) is 4.20. The number of amides is 1. The first-order valence-electron chi connectivity index (χ1n) is 10.2. The number of carbonyl (C=O) groups is 1. The zero-order valence-electron chi connectivity index (χ0n) is 18.2. The summed E-state index contributed by atoms with van der Waals surface area (Å²) < 4.78 is 5.17. The molecule has 0 spiro atoms. The number of hydrogen-bond donors (Lipinski definition) is 1. The quantitative estimate of drug-likeness (QED) is 0.582. The molecule has 0 aromatic heterocycles. The Morgan fingerprint density at radius 3 is 2.79 bits per heavy atom. The van der Waals surface area contributed by atoms with Crippen molar-refractivity contribution in [2.75, 3.05) is 18.6 Å². The van der Waals surface area contributed by atoms with Crippen molar-refractivity contribution in [2.45, 2.75) is 52.5 Å². The van der Waals surface area contributed by atoms with Crippen LogP contribution in [0, 0.1) is 6.92 Å². The second-order valence-corrected chi connectivity index (χ2v) is 8.36. The number of aryl methyl sites for hydroxylation is 1. The van der Waals surface area contributed by atoms with Crippen molar-refractivity contribution < 1.29 is 9.53 Å². The molecule has 154 valence electrons. The second kappa shape index (κ2) is 8.27. The number of nitrogens with one attached hydrogen (secondary N) is 1. The molecule has 0 unspecified atom stereocenters. The Morgan fingerprint density at radius 1 is 1.34 bits per heavy atom. The van der Waals surface area contributed by atoms with E-state index in [0.29, 0.717) is 17.2 Å². The van der Waals surface area contributed by atoms with E-state index in [0.717, 1.165) is 24.1 Å². The van der Waals surface area contributed by atoms with E-state index in [-0.39, 0.29) is 11.4 Å². The molecule has 2 aromatic rings. The monoisotopic (exact) mass is 393 g/mol. The maximum atomic E-state index is 12.3. The molecule has 0 fully saturated rings. The number of fused-ring (bicyclic) bond motifs is 1. The van der Waals surface area contributed by atoms with Crippen molar-refractivity contribution in [1.82, 2.24) is 5.43 Å². The highest BCUT2D eigenvalue weighted by Gasteiger charge is 2.35. The fourth-order valence-corrected chi connectivity index (χ4v) is 4.38. The molecule has 1 heterocycles. The van der Waals surface area contributed by atoms with Gasteiger partial charge in [-0.05, 0) is 87.1 Å². The van der Waals surface area contributed by atoms with Crippen molar-refractivity contribution in [3.63, 3.8) is 0 Å². The van der Waals surface area contributed by atoms with Gasteiger partial charge in [0.1, 0.15) is 5.75 Å². The lowest BCUT2D eigenvalue weighted by atomic mass is 9.79. The Bertz CT molecular complexity index is 934. The Labute approximate surface area is 173 Å². The first-order valence-corrected chi connectivity index (χ1v) is 10.2. The molecule has 1 amide bonds. The molecular weight excluding hydrogens is 362 g/mol. The summed E-state index contributed by atoms with van der Waals surface area (Å²) >= 11 is 0. The molecule has 29 heavy (non-hydrogen) atoms.